The molecule has 3 heterocycles. The highest BCUT2D eigenvalue weighted by Crippen LogP contribution is 2.39. The van der Waals surface area contributed by atoms with Crippen LogP contribution in [0.2, 0.25) is 5.15 Å². The molecule has 0 spiro atoms. The maximum atomic E-state index is 14.6. The molecule has 0 bridgehead atoms. The zero-order valence-corrected chi connectivity index (χ0v) is 27.2. The van der Waals surface area contributed by atoms with Crippen LogP contribution >= 0.6 is 19.4 Å². The average molecular weight is 694 g/mol. The molecule has 1 aromatic heterocycles. The highest BCUT2D eigenvalue weighted by atomic mass is 35.5. The van der Waals surface area contributed by atoms with Gasteiger partial charge in [-0.3, -0.25) is 29.3 Å². The molecule has 48 heavy (non-hydrogen) atoms. The lowest BCUT2D eigenvalue weighted by atomic mass is 9.86. The Morgan fingerprint density at radius 1 is 1.12 bits per heavy atom. The SMILES string of the molecule is C=CCN1CC(=O)N2[C@H](CN(Cc3cccc4c(Cl)[nH]nc34)C(=O)[C@@H]2C(C(=O)NCc2ccccc2)c2ccc(OP(=O)(O)O)cc2)N1. The molecular formula is C32H33ClN7O7P. The summed E-state index contributed by atoms with van der Waals surface area (Å²) in [5.74, 6) is -2.70. The molecule has 0 radical (unpaired) electrons. The van der Waals surface area contributed by atoms with Gasteiger partial charge in [0.1, 0.15) is 23.1 Å². The smallest absolute Gasteiger partial charge is 0.404 e. The Hall–Kier alpha value is -4.56. The van der Waals surface area contributed by atoms with Crippen LogP contribution < -0.4 is 15.3 Å². The van der Waals surface area contributed by atoms with Crippen LogP contribution in [0.25, 0.3) is 10.9 Å². The molecule has 16 heteroatoms. The Bertz CT molecular complexity index is 1880. The molecule has 2 fully saturated rings. The lowest BCUT2D eigenvalue weighted by molar-refractivity contribution is -0.170. The van der Waals surface area contributed by atoms with E-state index in [2.05, 4.69) is 27.5 Å². The predicted molar refractivity (Wildman–Crippen MR) is 176 cm³/mol. The van der Waals surface area contributed by atoms with Crippen LogP contribution in [-0.2, 0) is 32.0 Å². The van der Waals surface area contributed by atoms with Crippen molar-refractivity contribution < 1.29 is 33.3 Å². The van der Waals surface area contributed by atoms with Crippen molar-refractivity contribution in [2.75, 3.05) is 19.6 Å². The summed E-state index contributed by atoms with van der Waals surface area (Å²) in [6, 6.07) is 18.9. The standard InChI is InChI=1S/C32H33ClN7O7P/c1-2-15-39-19-26(41)40-25(37-39)18-38(17-22-9-6-10-24-28(22)35-36-30(24)33)32(43)29(40)27(31(42)34-16-20-7-4-3-5-8-20)21-11-13-23(14-12-21)47-48(44,45)46/h2-14,25,27,29,37H,1,15-19H2,(H,34,42)(H,35,36)(H2,44,45,46)/t25-,27?,29+/m1/s1. The van der Waals surface area contributed by atoms with E-state index in [0.29, 0.717) is 33.7 Å². The fourth-order valence-electron chi connectivity index (χ4n) is 6.18. The third-order valence-electron chi connectivity index (χ3n) is 8.24. The van der Waals surface area contributed by atoms with Crippen molar-refractivity contribution in [3.8, 4) is 5.75 Å². The number of aromatic amines is 1. The number of para-hydroxylation sites is 1. The van der Waals surface area contributed by atoms with Crippen molar-refractivity contribution in [3.05, 3.63) is 107 Å². The molecule has 6 rings (SSSR count). The first-order chi connectivity index (χ1) is 23.0. The third kappa shape index (κ3) is 7.14. The van der Waals surface area contributed by atoms with E-state index in [-0.39, 0.29) is 37.8 Å². The number of phosphoric acid groups is 1. The molecule has 250 valence electrons. The zero-order valence-electron chi connectivity index (χ0n) is 25.5. The summed E-state index contributed by atoms with van der Waals surface area (Å²) in [5, 5.41) is 12.8. The Balaban J connectivity index is 1.41. The third-order valence-corrected chi connectivity index (χ3v) is 8.98. The summed E-state index contributed by atoms with van der Waals surface area (Å²) in [7, 11) is -4.85. The number of halogens is 1. The van der Waals surface area contributed by atoms with Gasteiger partial charge >= 0.3 is 7.82 Å². The number of H-pyrrole nitrogens is 1. The van der Waals surface area contributed by atoms with Crippen molar-refractivity contribution in [2.45, 2.75) is 31.2 Å². The number of carbonyl (C=O) groups excluding carboxylic acids is 3. The van der Waals surface area contributed by atoms with Crippen LogP contribution in [0.3, 0.4) is 0 Å². The Morgan fingerprint density at radius 2 is 1.88 bits per heavy atom. The maximum absolute atomic E-state index is 14.6. The highest BCUT2D eigenvalue weighted by molar-refractivity contribution is 7.46. The largest absolute Gasteiger partial charge is 0.524 e. The van der Waals surface area contributed by atoms with Gasteiger partial charge in [-0.05, 0) is 34.9 Å². The number of hydrazine groups is 1. The predicted octanol–water partition coefficient (Wildman–Crippen LogP) is 2.66. The number of rotatable bonds is 11. The summed E-state index contributed by atoms with van der Waals surface area (Å²) in [6.07, 6.45) is 0.958. The molecule has 3 amide bonds. The number of amides is 3. The van der Waals surface area contributed by atoms with E-state index in [1.54, 1.807) is 16.0 Å². The minimum atomic E-state index is -4.85. The number of aromatic nitrogens is 2. The van der Waals surface area contributed by atoms with Crippen LogP contribution in [-0.4, -0.2) is 84.4 Å². The zero-order chi connectivity index (χ0) is 34.0. The van der Waals surface area contributed by atoms with Crippen LogP contribution in [0.1, 0.15) is 22.6 Å². The number of phosphoric ester groups is 1. The fourth-order valence-corrected chi connectivity index (χ4v) is 6.77. The number of fused-ring (bicyclic) bond motifs is 2. The monoisotopic (exact) mass is 693 g/mol. The van der Waals surface area contributed by atoms with Gasteiger partial charge in [-0.15, -0.1) is 6.58 Å². The summed E-state index contributed by atoms with van der Waals surface area (Å²) in [5.41, 5.74) is 5.79. The van der Waals surface area contributed by atoms with Gasteiger partial charge in [-0.2, -0.15) is 5.10 Å². The molecule has 3 atom stereocenters. The van der Waals surface area contributed by atoms with Crippen LogP contribution in [0.4, 0.5) is 0 Å². The summed E-state index contributed by atoms with van der Waals surface area (Å²) < 4.78 is 16.2. The molecule has 1 unspecified atom stereocenters. The van der Waals surface area contributed by atoms with Gasteiger partial charge < -0.3 is 19.6 Å². The lowest BCUT2D eigenvalue weighted by Gasteiger charge is -2.52. The first kappa shape index (κ1) is 33.3. The van der Waals surface area contributed by atoms with Crippen molar-refractivity contribution in [2.24, 2.45) is 0 Å². The second-order valence-electron chi connectivity index (χ2n) is 11.5. The highest BCUT2D eigenvalue weighted by Gasteiger charge is 2.51. The van der Waals surface area contributed by atoms with Gasteiger partial charge in [0.2, 0.25) is 17.7 Å². The van der Waals surface area contributed by atoms with E-state index in [9.17, 15) is 28.7 Å². The Labute approximate surface area is 280 Å². The normalized spacial score (nSPS) is 19.2. The van der Waals surface area contributed by atoms with Gasteiger partial charge in [0.25, 0.3) is 0 Å². The van der Waals surface area contributed by atoms with E-state index in [0.717, 1.165) is 5.56 Å². The van der Waals surface area contributed by atoms with E-state index in [4.69, 9.17) is 16.1 Å². The molecule has 14 nitrogen and oxygen atoms in total. The second-order valence-corrected chi connectivity index (χ2v) is 13.0. The van der Waals surface area contributed by atoms with E-state index < -0.39 is 37.8 Å². The number of hydrogen-bond acceptors (Lipinski definition) is 8. The minimum absolute atomic E-state index is 0.0647. The second kappa shape index (κ2) is 13.9. The Kier molecular flexibility index (Phi) is 9.65. The first-order valence-electron chi connectivity index (χ1n) is 15.0. The van der Waals surface area contributed by atoms with E-state index in [1.165, 1.54) is 29.2 Å². The molecule has 2 aliphatic heterocycles. The van der Waals surface area contributed by atoms with Gasteiger partial charge in [-0.25, -0.2) is 15.0 Å². The number of benzene rings is 3. The van der Waals surface area contributed by atoms with Crippen molar-refractivity contribution in [3.63, 3.8) is 0 Å². The van der Waals surface area contributed by atoms with E-state index >= 15 is 0 Å². The number of carbonyl (C=O) groups is 3. The van der Waals surface area contributed by atoms with Crippen molar-refractivity contribution in [1.82, 2.24) is 35.7 Å². The van der Waals surface area contributed by atoms with E-state index in [1.807, 2.05) is 48.5 Å². The number of nitrogens with zero attached hydrogens (tertiary/aromatic N) is 4. The minimum Gasteiger partial charge on any atom is -0.404 e. The molecule has 2 saturated heterocycles. The Morgan fingerprint density at radius 3 is 2.58 bits per heavy atom. The molecule has 2 aliphatic rings. The number of piperazine rings is 1. The average Bonchev–Trinajstić information content (AvgIpc) is 3.44. The molecule has 5 N–H and O–H groups in total. The van der Waals surface area contributed by atoms with Crippen LogP contribution in [0, 0.1) is 0 Å². The van der Waals surface area contributed by atoms with Crippen molar-refractivity contribution in [1.29, 1.82) is 0 Å². The van der Waals surface area contributed by atoms with Gasteiger partial charge in [0.15, 0.2) is 0 Å². The fraction of sp³-hybridized carbons (Fsp3) is 0.250. The topological polar surface area (TPSA) is 180 Å². The van der Waals surface area contributed by atoms with Gasteiger partial charge in [-0.1, -0.05) is 72.3 Å². The molecule has 3 aromatic carbocycles. The molecule has 0 saturated carbocycles. The van der Waals surface area contributed by atoms with Crippen molar-refractivity contribution >= 4 is 48.0 Å². The number of hydrogen-bond donors (Lipinski definition) is 5. The van der Waals surface area contributed by atoms with Gasteiger partial charge in [0.05, 0.1) is 24.5 Å². The quantitative estimate of drug-likeness (QED) is 0.116. The van der Waals surface area contributed by atoms with Crippen LogP contribution in [0.15, 0.2) is 85.5 Å². The van der Waals surface area contributed by atoms with Crippen LogP contribution in [0.5, 0.6) is 5.75 Å². The first-order valence-corrected chi connectivity index (χ1v) is 16.9. The maximum Gasteiger partial charge on any atom is 0.524 e. The summed E-state index contributed by atoms with van der Waals surface area (Å²) in [4.78, 5) is 64.3. The summed E-state index contributed by atoms with van der Waals surface area (Å²) >= 11 is 6.29. The lowest BCUT2D eigenvalue weighted by Crippen LogP contribution is -2.75. The van der Waals surface area contributed by atoms with Gasteiger partial charge in [0, 0.05) is 25.0 Å². The molecular weight excluding hydrogens is 661 g/mol. The molecule has 0 aliphatic carbocycles. The molecule has 4 aromatic rings. The number of nitrogens with one attached hydrogen (secondary N) is 3. The summed E-state index contributed by atoms with van der Waals surface area (Å²) in [6.45, 7) is 4.45.